The summed E-state index contributed by atoms with van der Waals surface area (Å²) in [5.74, 6) is 0.228. The molecule has 0 aromatic heterocycles. The Labute approximate surface area is 94.8 Å². The topological polar surface area (TPSA) is 55.1 Å². The van der Waals surface area contributed by atoms with Gasteiger partial charge in [-0.15, -0.1) is 0 Å². The number of hydrogen-bond donors (Lipinski definition) is 2. The van der Waals surface area contributed by atoms with Gasteiger partial charge in [0.2, 0.25) is 0 Å². The number of hydrogen-bond acceptors (Lipinski definition) is 3. The lowest BCUT2D eigenvalue weighted by molar-refractivity contribution is -0.119. The Morgan fingerprint density at radius 1 is 1.27 bits per heavy atom. The largest absolute Gasteiger partial charge is 0.330 e. The van der Waals surface area contributed by atoms with Crippen molar-refractivity contribution >= 4 is 5.78 Å². The van der Waals surface area contributed by atoms with Crippen LogP contribution in [0.15, 0.2) is 0 Å². The summed E-state index contributed by atoms with van der Waals surface area (Å²) in [6, 6.07) is 0.387. The first-order valence-electron chi connectivity index (χ1n) is 6.04. The van der Waals surface area contributed by atoms with E-state index in [1.54, 1.807) is 6.92 Å². The molecule has 0 aliphatic heterocycles. The molecule has 3 heteroatoms. The highest BCUT2D eigenvalue weighted by Gasteiger charge is 2.13. The number of nitrogens with two attached hydrogens (primary N) is 1. The van der Waals surface area contributed by atoms with E-state index < -0.39 is 0 Å². The van der Waals surface area contributed by atoms with Crippen molar-refractivity contribution in [2.45, 2.75) is 66.0 Å². The summed E-state index contributed by atoms with van der Waals surface area (Å²) in [5.41, 5.74) is 5.39. The lowest BCUT2D eigenvalue weighted by Crippen LogP contribution is -2.39. The predicted octanol–water partition coefficient (Wildman–Crippen LogP) is 2.10. The minimum absolute atomic E-state index is 0.0200. The maximum Gasteiger partial charge on any atom is 0.146 e. The van der Waals surface area contributed by atoms with Crippen LogP contribution < -0.4 is 11.1 Å². The molecule has 3 nitrogen and oxygen atoms in total. The zero-order valence-electron chi connectivity index (χ0n) is 11.0. The van der Waals surface area contributed by atoms with Gasteiger partial charge in [0.1, 0.15) is 5.78 Å². The Hall–Kier alpha value is -0.410. The molecule has 0 aromatic rings. The van der Waals surface area contributed by atoms with E-state index >= 15 is 0 Å². The number of nitrogens with one attached hydrogen (secondary N) is 1. The number of carbonyl (C=O) groups excluding carboxylic acids is 1. The minimum Gasteiger partial charge on any atom is -0.330 e. The molecule has 3 N–H and O–H groups in total. The highest BCUT2D eigenvalue weighted by atomic mass is 16.1. The average Bonchev–Trinajstić information content (AvgIpc) is 2.19. The number of unbranched alkanes of at least 4 members (excludes halogenated alkanes) is 1. The summed E-state index contributed by atoms with van der Waals surface area (Å²) in [6.07, 6.45) is 2.94. The fraction of sp³-hybridized carbons (Fsp3) is 0.917. The Kier molecular flexibility index (Phi) is 13.2. The monoisotopic (exact) mass is 216 g/mol. The van der Waals surface area contributed by atoms with E-state index in [0.717, 1.165) is 19.3 Å². The normalized spacial score (nSPS) is 11.9. The molecule has 0 rings (SSSR count). The van der Waals surface area contributed by atoms with Gasteiger partial charge in [0.25, 0.3) is 0 Å². The average molecular weight is 216 g/mol. The van der Waals surface area contributed by atoms with E-state index in [1.807, 2.05) is 13.8 Å². The van der Waals surface area contributed by atoms with E-state index in [1.165, 1.54) is 0 Å². The van der Waals surface area contributed by atoms with E-state index in [0.29, 0.717) is 12.6 Å². The van der Waals surface area contributed by atoms with Gasteiger partial charge in [0, 0.05) is 6.04 Å². The summed E-state index contributed by atoms with van der Waals surface area (Å²) in [7, 11) is 0. The van der Waals surface area contributed by atoms with Crippen LogP contribution in [0.25, 0.3) is 0 Å². The van der Waals surface area contributed by atoms with Crippen molar-refractivity contribution < 1.29 is 4.79 Å². The van der Waals surface area contributed by atoms with Crippen LogP contribution in [0, 0.1) is 0 Å². The summed E-state index contributed by atoms with van der Waals surface area (Å²) in [5, 5.41) is 3.25. The fourth-order valence-corrected chi connectivity index (χ4v) is 1.30. The van der Waals surface area contributed by atoms with Crippen molar-refractivity contribution in [2.24, 2.45) is 5.73 Å². The van der Waals surface area contributed by atoms with Gasteiger partial charge < -0.3 is 11.1 Å². The zero-order valence-corrected chi connectivity index (χ0v) is 11.0. The van der Waals surface area contributed by atoms with Crippen LogP contribution in [0.1, 0.15) is 53.9 Å². The lowest BCUT2D eigenvalue weighted by Gasteiger charge is -2.18. The Morgan fingerprint density at radius 3 is 2.13 bits per heavy atom. The van der Waals surface area contributed by atoms with Crippen molar-refractivity contribution in [2.75, 3.05) is 6.54 Å². The molecule has 0 saturated heterocycles. The highest BCUT2D eigenvalue weighted by molar-refractivity contribution is 5.81. The van der Waals surface area contributed by atoms with Crippen LogP contribution in [-0.4, -0.2) is 24.4 Å². The quantitative estimate of drug-likeness (QED) is 0.641. The van der Waals surface area contributed by atoms with E-state index in [2.05, 4.69) is 19.2 Å². The third-order valence-electron chi connectivity index (χ3n) is 1.97. The summed E-state index contributed by atoms with van der Waals surface area (Å²) < 4.78 is 0. The molecule has 0 saturated carbocycles. The Balaban J connectivity index is 0. The number of ketones is 1. The molecule has 92 valence electrons. The SMILES string of the molecule is CC.CC(=O)C(CCCCN)NC(C)C. The third-order valence-corrected chi connectivity index (χ3v) is 1.97. The van der Waals surface area contributed by atoms with Crippen LogP contribution in [0.3, 0.4) is 0 Å². The molecule has 0 radical (unpaired) electrons. The van der Waals surface area contributed by atoms with E-state index in [9.17, 15) is 4.79 Å². The number of Topliss-reactive ketones (excluding diaryl/α,β-unsaturated/α-hetero) is 1. The first kappa shape index (κ1) is 17.0. The van der Waals surface area contributed by atoms with Crippen LogP contribution in [0.2, 0.25) is 0 Å². The van der Waals surface area contributed by atoms with Crippen LogP contribution in [-0.2, 0) is 4.79 Å². The Bertz CT molecular complexity index is 147. The van der Waals surface area contributed by atoms with Gasteiger partial charge in [0.15, 0.2) is 0 Å². The maximum atomic E-state index is 11.2. The summed E-state index contributed by atoms with van der Waals surface area (Å²) >= 11 is 0. The van der Waals surface area contributed by atoms with Gasteiger partial charge in [-0.1, -0.05) is 34.1 Å². The van der Waals surface area contributed by atoms with Crippen molar-refractivity contribution in [3.8, 4) is 0 Å². The molecule has 1 atom stereocenters. The van der Waals surface area contributed by atoms with Gasteiger partial charge in [0.05, 0.1) is 6.04 Å². The second-order valence-corrected chi connectivity index (χ2v) is 3.77. The Morgan fingerprint density at radius 2 is 1.80 bits per heavy atom. The maximum absolute atomic E-state index is 11.2. The van der Waals surface area contributed by atoms with E-state index in [4.69, 9.17) is 5.73 Å². The van der Waals surface area contributed by atoms with Crippen LogP contribution in [0.4, 0.5) is 0 Å². The second-order valence-electron chi connectivity index (χ2n) is 3.77. The molecule has 0 amide bonds. The molecule has 0 fully saturated rings. The van der Waals surface area contributed by atoms with E-state index in [-0.39, 0.29) is 11.8 Å². The fourth-order valence-electron chi connectivity index (χ4n) is 1.30. The van der Waals surface area contributed by atoms with Crippen LogP contribution >= 0.6 is 0 Å². The van der Waals surface area contributed by atoms with Gasteiger partial charge in [-0.25, -0.2) is 0 Å². The lowest BCUT2D eigenvalue weighted by atomic mass is 10.1. The second kappa shape index (κ2) is 11.7. The molecule has 0 aliphatic rings. The molecule has 0 aromatic carbocycles. The van der Waals surface area contributed by atoms with Gasteiger partial charge in [-0.2, -0.15) is 0 Å². The number of carbonyl (C=O) groups is 1. The molecule has 15 heavy (non-hydrogen) atoms. The first-order valence-corrected chi connectivity index (χ1v) is 6.04. The van der Waals surface area contributed by atoms with Crippen molar-refractivity contribution in [1.29, 1.82) is 0 Å². The molecule has 0 aliphatic carbocycles. The smallest absolute Gasteiger partial charge is 0.146 e. The summed E-state index contributed by atoms with van der Waals surface area (Å²) in [6.45, 7) is 10.5. The van der Waals surface area contributed by atoms with Crippen molar-refractivity contribution in [3.63, 3.8) is 0 Å². The van der Waals surface area contributed by atoms with Gasteiger partial charge in [-0.05, 0) is 26.3 Å². The zero-order chi connectivity index (χ0) is 12.3. The van der Waals surface area contributed by atoms with Crippen LogP contribution in [0.5, 0.6) is 0 Å². The molecule has 0 heterocycles. The highest BCUT2D eigenvalue weighted by Crippen LogP contribution is 2.02. The van der Waals surface area contributed by atoms with Crippen molar-refractivity contribution in [1.82, 2.24) is 5.32 Å². The number of rotatable bonds is 7. The first-order chi connectivity index (χ1) is 7.07. The van der Waals surface area contributed by atoms with Gasteiger partial charge >= 0.3 is 0 Å². The molecule has 1 unspecified atom stereocenters. The van der Waals surface area contributed by atoms with Crippen molar-refractivity contribution in [3.05, 3.63) is 0 Å². The summed E-state index contributed by atoms with van der Waals surface area (Å²) in [4.78, 5) is 11.2. The molecular weight excluding hydrogens is 188 g/mol. The third kappa shape index (κ3) is 11.5. The standard InChI is InChI=1S/C10H22N2O.C2H6/c1-8(2)12-10(9(3)13)6-4-5-7-11;1-2/h8,10,12H,4-7,11H2,1-3H3;1-2H3. The molecule has 0 spiro atoms. The minimum atomic E-state index is 0.0200. The molecule has 0 bridgehead atoms. The predicted molar refractivity (Wildman–Crippen MR) is 67.0 cm³/mol. The molecular formula is C12H28N2O. The van der Waals surface area contributed by atoms with Gasteiger partial charge in [-0.3, -0.25) is 4.79 Å².